The number of amides is 1. The number of benzene rings is 1. The van der Waals surface area contributed by atoms with Crippen molar-refractivity contribution in [2.45, 2.75) is 12.8 Å². The van der Waals surface area contributed by atoms with Crippen molar-refractivity contribution in [1.29, 1.82) is 5.26 Å². The lowest BCUT2D eigenvalue weighted by molar-refractivity contribution is 0.0785. The minimum Gasteiger partial charge on any atom is -0.359 e. The molecule has 1 aliphatic heterocycles. The van der Waals surface area contributed by atoms with Gasteiger partial charge >= 0.3 is 0 Å². The summed E-state index contributed by atoms with van der Waals surface area (Å²) in [7, 11) is 1.96. The molecule has 3 heterocycles. The van der Waals surface area contributed by atoms with Gasteiger partial charge < -0.3 is 9.80 Å². The Balaban J connectivity index is 1.60. The minimum atomic E-state index is -0.0697. The highest BCUT2D eigenvalue weighted by molar-refractivity contribution is 6.42. The fourth-order valence-corrected chi connectivity index (χ4v) is 4.55. The molecule has 1 amide bonds. The monoisotopic (exact) mass is 480 g/mol. The summed E-state index contributed by atoms with van der Waals surface area (Å²) in [6.07, 6.45) is 3.06. The van der Waals surface area contributed by atoms with E-state index in [1.165, 1.54) is 6.20 Å². The van der Waals surface area contributed by atoms with Gasteiger partial charge in [-0.15, -0.1) is 0 Å². The number of aryl methyl sites for hydroxylation is 1. The minimum absolute atomic E-state index is 0.0697. The summed E-state index contributed by atoms with van der Waals surface area (Å²) >= 11 is 12.4. The molecule has 3 aromatic rings. The van der Waals surface area contributed by atoms with Crippen LogP contribution in [0.1, 0.15) is 33.1 Å². The number of hydrogen-bond acceptors (Lipinski definition) is 6. The average molecular weight is 481 g/mol. The molecule has 33 heavy (non-hydrogen) atoms. The molecule has 0 aliphatic carbocycles. The number of nitriles is 1. The van der Waals surface area contributed by atoms with Crippen LogP contribution in [0.25, 0.3) is 0 Å². The molecule has 7 nitrogen and oxygen atoms in total. The van der Waals surface area contributed by atoms with Crippen LogP contribution in [0.15, 0.2) is 48.8 Å². The predicted molar refractivity (Wildman–Crippen MR) is 128 cm³/mol. The van der Waals surface area contributed by atoms with Crippen molar-refractivity contribution in [2.75, 3.05) is 31.6 Å². The Labute approximate surface area is 202 Å². The standard InChI is InChI=1S/C24H22Cl2N6O/c1-15-7-18(11-29-30-15)24(33)32-13-19(12-31(2)23-6-3-16(9-27)10-28-23)20(14-32)17-4-5-21(25)22(26)8-17/h3-8,10-11,19-20H,12-14H2,1-2H3/t19-,20+/m0/s1. The van der Waals surface area contributed by atoms with Gasteiger partial charge in [-0.25, -0.2) is 4.98 Å². The van der Waals surface area contributed by atoms with Gasteiger partial charge in [-0.05, 0) is 42.8 Å². The lowest BCUT2D eigenvalue weighted by Crippen LogP contribution is -2.32. The van der Waals surface area contributed by atoms with Crippen LogP contribution in [0.3, 0.4) is 0 Å². The van der Waals surface area contributed by atoms with Crippen LogP contribution < -0.4 is 4.90 Å². The van der Waals surface area contributed by atoms with Gasteiger partial charge in [-0.1, -0.05) is 29.3 Å². The van der Waals surface area contributed by atoms with Crippen LogP contribution in [-0.2, 0) is 0 Å². The number of carbonyl (C=O) groups is 1. The topological polar surface area (TPSA) is 86.0 Å². The number of rotatable bonds is 5. The van der Waals surface area contributed by atoms with Gasteiger partial charge in [0.25, 0.3) is 5.91 Å². The molecule has 0 saturated carbocycles. The van der Waals surface area contributed by atoms with Crippen molar-refractivity contribution in [2.24, 2.45) is 5.92 Å². The quantitative estimate of drug-likeness (QED) is 0.539. The number of carbonyl (C=O) groups excluding carboxylic acids is 1. The molecule has 2 atom stereocenters. The fourth-order valence-electron chi connectivity index (χ4n) is 4.24. The van der Waals surface area contributed by atoms with E-state index in [4.69, 9.17) is 28.5 Å². The maximum Gasteiger partial charge on any atom is 0.255 e. The molecule has 1 fully saturated rings. The molecule has 1 saturated heterocycles. The summed E-state index contributed by atoms with van der Waals surface area (Å²) < 4.78 is 0. The molecule has 0 unspecified atom stereocenters. The first-order valence-electron chi connectivity index (χ1n) is 10.5. The zero-order valence-corrected chi connectivity index (χ0v) is 19.8. The molecule has 9 heteroatoms. The van der Waals surface area contributed by atoms with E-state index >= 15 is 0 Å². The van der Waals surface area contributed by atoms with Crippen molar-refractivity contribution in [3.8, 4) is 6.07 Å². The molecule has 1 aliphatic rings. The lowest BCUT2D eigenvalue weighted by atomic mass is 9.88. The average Bonchev–Trinajstić information content (AvgIpc) is 3.24. The zero-order valence-electron chi connectivity index (χ0n) is 18.2. The Bertz CT molecular complexity index is 1210. The van der Waals surface area contributed by atoms with E-state index < -0.39 is 0 Å². The Hall–Kier alpha value is -3.21. The first-order chi connectivity index (χ1) is 15.9. The number of halogens is 2. The highest BCUT2D eigenvalue weighted by Crippen LogP contribution is 2.37. The predicted octanol–water partition coefficient (Wildman–Crippen LogP) is 4.35. The maximum atomic E-state index is 13.2. The largest absolute Gasteiger partial charge is 0.359 e. The number of aromatic nitrogens is 3. The summed E-state index contributed by atoms with van der Waals surface area (Å²) in [5.41, 5.74) is 2.78. The van der Waals surface area contributed by atoms with E-state index in [2.05, 4.69) is 21.3 Å². The fraction of sp³-hybridized carbons (Fsp3) is 0.292. The van der Waals surface area contributed by atoms with Crippen LogP contribution in [0.4, 0.5) is 5.82 Å². The normalized spacial score (nSPS) is 17.6. The molecular weight excluding hydrogens is 459 g/mol. The summed E-state index contributed by atoms with van der Waals surface area (Å²) in [6, 6.07) is 13.1. The molecule has 0 radical (unpaired) electrons. The van der Waals surface area contributed by atoms with Crippen molar-refractivity contribution >= 4 is 34.9 Å². The van der Waals surface area contributed by atoms with E-state index in [0.717, 1.165) is 11.4 Å². The van der Waals surface area contributed by atoms with Gasteiger partial charge in [0, 0.05) is 44.7 Å². The van der Waals surface area contributed by atoms with Gasteiger partial charge in [0.2, 0.25) is 0 Å². The first kappa shape index (κ1) is 23.0. The second kappa shape index (κ2) is 9.74. The molecule has 168 valence electrons. The number of hydrogen-bond donors (Lipinski definition) is 0. The van der Waals surface area contributed by atoms with Crippen LogP contribution in [0.5, 0.6) is 0 Å². The van der Waals surface area contributed by atoms with Crippen molar-refractivity contribution in [3.63, 3.8) is 0 Å². The van der Waals surface area contributed by atoms with Gasteiger partial charge in [0.1, 0.15) is 11.9 Å². The maximum absolute atomic E-state index is 13.2. The van der Waals surface area contributed by atoms with E-state index in [1.807, 2.05) is 42.0 Å². The number of anilines is 1. The summed E-state index contributed by atoms with van der Waals surface area (Å²) in [5, 5.41) is 17.9. The highest BCUT2D eigenvalue weighted by atomic mass is 35.5. The van der Waals surface area contributed by atoms with Gasteiger partial charge in [0.15, 0.2) is 0 Å². The first-order valence-corrected chi connectivity index (χ1v) is 11.2. The smallest absolute Gasteiger partial charge is 0.255 e. The van der Waals surface area contributed by atoms with Gasteiger partial charge in [0.05, 0.1) is 33.1 Å². The molecule has 4 rings (SSSR count). The summed E-state index contributed by atoms with van der Waals surface area (Å²) in [4.78, 5) is 21.5. The molecule has 1 aromatic carbocycles. The number of pyridine rings is 1. The van der Waals surface area contributed by atoms with Crippen molar-refractivity contribution < 1.29 is 4.79 Å². The highest BCUT2D eigenvalue weighted by Gasteiger charge is 2.37. The third-order valence-corrected chi connectivity index (χ3v) is 6.64. The van der Waals surface area contributed by atoms with Crippen molar-refractivity contribution in [1.82, 2.24) is 20.1 Å². The van der Waals surface area contributed by atoms with Crippen LogP contribution >= 0.6 is 23.2 Å². The number of likely N-dealkylation sites (tertiary alicyclic amines) is 1. The summed E-state index contributed by atoms with van der Waals surface area (Å²) in [5.74, 6) is 0.894. The molecule has 0 spiro atoms. The van der Waals surface area contributed by atoms with Gasteiger partial charge in [-0.2, -0.15) is 15.5 Å². The Kier molecular flexibility index (Phi) is 6.77. The third kappa shape index (κ3) is 5.08. The Morgan fingerprint density at radius 3 is 2.67 bits per heavy atom. The second-order valence-corrected chi connectivity index (χ2v) is 9.05. The van der Waals surface area contributed by atoms with E-state index in [0.29, 0.717) is 46.5 Å². The lowest BCUT2D eigenvalue weighted by Gasteiger charge is -2.26. The molecular formula is C24H22Cl2N6O. The van der Waals surface area contributed by atoms with Gasteiger partial charge in [-0.3, -0.25) is 4.79 Å². The molecule has 0 N–H and O–H groups in total. The van der Waals surface area contributed by atoms with E-state index in [9.17, 15) is 4.79 Å². The Morgan fingerprint density at radius 2 is 2.00 bits per heavy atom. The molecule has 0 bridgehead atoms. The van der Waals surface area contributed by atoms with E-state index in [-0.39, 0.29) is 17.7 Å². The SMILES string of the molecule is Cc1cc(C(=O)N2C[C@H](CN(C)c3ccc(C#N)cn3)[C@@H](c3ccc(Cl)c(Cl)c3)C2)cnn1. The molecule has 2 aromatic heterocycles. The number of nitrogens with zero attached hydrogens (tertiary/aromatic N) is 6. The Morgan fingerprint density at radius 1 is 1.18 bits per heavy atom. The van der Waals surface area contributed by atoms with Crippen LogP contribution in [0.2, 0.25) is 10.0 Å². The van der Waals surface area contributed by atoms with Crippen LogP contribution in [-0.4, -0.2) is 52.7 Å². The zero-order chi connectivity index (χ0) is 23.5. The second-order valence-electron chi connectivity index (χ2n) is 8.23. The van der Waals surface area contributed by atoms with Crippen LogP contribution in [0, 0.1) is 24.2 Å². The third-order valence-electron chi connectivity index (χ3n) is 5.90. The van der Waals surface area contributed by atoms with Crippen molar-refractivity contribution in [3.05, 3.63) is 81.2 Å². The van der Waals surface area contributed by atoms with E-state index in [1.54, 1.807) is 24.4 Å². The summed E-state index contributed by atoms with van der Waals surface area (Å²) in [6.45, 7) is 3.61.